The third-order valence-electron chi connectivity index (χ3n) is 2.91. The molecule has 7 nitrogen and oxygen atoms in total. The molecule has 3 amide bonds. The molecule has 0 spiro atoms. The van der Waals surface area contributed by atoms with Crippen LogP contribution in [-0.2, 0) is 4.79 Å². The number of imidazole rings is 1. The highest BCUT2D eigenvalue weighted by Crippen LogP contribution is 2.13. The molecule has 1 heterocycles. The Kier molecular flexibility index (Phi) is 6.02. The van der Waals surface area contributed by atoms with Crippen molar-refractivity contribution in [2.75, 3.05) is 0 Å². The molecule has 1 rings (SSSR count). The number of rotatable bonds is 7. The second-order valence-electron chi connectivity index (χ2n) is 5.13. The maximum Gasteiger partial charge on any atom is 0.312 e. The lowest BCUT2D eigenvalue weighted by Gasteiger charge is -2.22. The number of aromatic amines is 1. The van der Waals surface area contributed by atoms with Gasteiger partial charge < -0.3 is 21.4 Å². The lowest BCUT2D eigenvalue weighted by Crippen LogP contribution is -2.49. The molecule has 2 atom stereocenters. The lowest BCUT2D eigenvalue weighted by atomic mass is 10.0. The summed E-state index contributed by atoms with van der Waals surface area (Å²) in [6, 6.07) is -1.53. The topological polar surface area (TPSA) is 113 Å². The number of carbonyl (C=O) groups excluding carboxylic acids is 2. The van der Waals surface area contributed by atoms with Gasteiger partial charge in [-0.1, -0.05) is 20.8 Å². The van der Waals surface area contributed by atoms with Gasteiger partial charge in [-0.15, -0.1) is 0 Å². The number of aromatic nitrogens is 2. The summed E-state index contributed by atoms with van der Waals surface area (Å²) in [6.07, 6.45) is 4.57. The Hall–Kier alpha value is -2.05. The van der Waals surface area contributed by atoms with Gasteiger partial charge in [0.05, 0.1) is 6.04 Å². The van der Waals surface area contributed by atoms with Crippen LogP contribution in [-0.4, -0.2) is 27.9 Å². The molecule has 7 heteroatoms. The van der Waals surface area contributed by atoms with Crippen LogP contribution >= 0.6 is 0 Å². The van der Waals surface area contributed by atoms with Crippen molar-refractivity contribution >= 4 is 11.9 Å². The van der Waals surface area contributed by atoms with Gasteiger partial charge in [0, 0.05) is 12.4 Å². The van der Waals surface area contributed by atoms with Gasteiger partial charge in [-0.3, -0.25) is 4.79 Å². The van der Waals surface area contributed by atoms with Crippen LogP contribution < -0.4 is 16.4 Å². The first kappa shape index (κ1) is 16.0. The molecule has 0 radical (unpaired) electrons. The Labute approximate surface area is 118 Å². The standard InChI is InChI=1S/C13H23N5O2/c1-4-9(11-15-5-6-16-11)17-12(19)10(7-8(2)3)18-13(14)20/h5-6,8-10H,4,7H2,1-3H3,(H,15,16)(H,17,19)(H3,14,18,20). The van der Waals surface area contributed by atoms with E-state index in [-0.39, 0.29) is 17.9 Å². The van der Waals surface area contributed by atoms with Crippen molar-refractivity contribution in [3.63, 3.8) is 0 Å². The van der Waals surface area contributed by atoms with E-state index < -0.39 is 12.1 Å². The number of carbonyl (C=O) groups is 2. The van der Waals surface area contributed by atoms with Crippen LogP contribution in [0.1, 0.15) is 45.5 Å². The van der Waals surface area contributed by atoms with Gasteiger partial charge in [0.1, 0.15) is 11.9 Å². The predicted molar refractivity (Wildman–Crippen MR) is 75.7 cm³/mol. The SMILES string of the molecule is CCC(NC(=O)C(CC(C)C)NC(N)=O)c1ncc[nH]1. The zero-order valence-electron chi connectivity index (χ0n) is 12.1. The summed E-state index contributed by atoms with van der Waals surface area (Å²) in [4.78, 5) is 30.4. The molecule has 0 aromatic carbocycles. The Balaban J connectivity index is 2.70. The average molecular weight is 281 g/mol. The Bertz CT molecular complexity index is 430. The fraction of sp³-hybridized carbons (Fsp3) is 0.615. The summed E-state index contributed by atoms with van der Waals surface area (Å²) in [7, 11) is 0. The zero-order valence-corrected chi connectivity index (χ0v) is 12.1. The molecular weight excluding hydrogens is 258 g/mol. The molecule has 20 heavy (non-hydrogen) atoms. The second-order valence-corrected chi connectivity index (χ2v) is 5.13. The van der Waals surface area contributed by atoms with Gasteiger partial charge in [-0.2, -0.15) is 0 Å². The molecule has 0 aliphatic carbocycles. The van der Waals surface area contributed by atoms with E-state index in [1.165, 1.54) is 0 Å². The normalized spacial score (nSPS) is 13.8. The third kappa shape index (κ3) is 4.91. The van der Waals surface area contributed by atoms with Crippen LogP contribution in [0.15, 0.2) is 12.4 Å². The molecule has 2 unspecified atom stereocenters. The Morgan fingerprint density at radius 2 is 2.10 bits per heavy atom. The smallest absolute Gasteiger partial charge is 0.312 e. The minimum absolute atomic E-state index is 0.207. The third-order valence-corrected chi connectivity index (χ3v) is 2.91. The highest BCUT2D eigenvalue weighted by atomic mass is 16.2. The summed E-state index contributed by atoms with van der Waals surface area (Å²) in [6.45, 7) is 5.91. The van der Waals surface area contributed by atoms with Gasteiger partial charge in [0.2, 0.25) is 5.91 Å². The highest BCUT2D eigenvalue weighted by Gasteiger charge is 2.24. The molecule has 0 aliphatic rings. The van der Waals surface area contributed by atoms with Crippen molar-refractivity contribution in [3.8, 4) is 0 Å². The monoisotopic (exact) mass is 281 g/mol. The second kappa shape index (κ2) is 7.52. The van der Waals surface area contributed by atoms with Gasteiger partial charge in [0.25, 0.3) is 0 Å². The quantitative estimate of drug-likeness (QED) is 0.599. The van der Waals surface area contributed by atoms with Gasteiger partial charge in [0.15, 0.2) is 0 Å². The molecule has 5 N–H and O–H groups in total. The number of nitrogens with zero attached hydrogens (tertiary/aromatic N) is 1. The number of H-pyrrole nitrogens is 1. The van der Waals surface area contributed by atoms with Crippen LogP contribution in [0.5, 0.6) is 0 Å². The van der Waals surface area contributed by atoms with Crippen LogP contribution in [0.4, 0.5) is 4.79 Å². The van der Waals surface area contributed by atoms with Crippen molar-refractivity contribution in [2.45, 2.75) is 45.7 Å². The van der Waals surface area contributed by atoms with Crippen LogP contribution in [0.3, 0.4) is 0 Å². The van der Waals surface area contributed by atoms with E-state index in [0.29, 0.717) is 18.7 Å². The molecule has 1 aromatic heterocycles. The summed E-state index contributed by atoms with van der Waals surface area (Å²) < 4.78 is 0. The minimum atomic E-state index is -0.697. The van der Waals surface area contributed by atoms with E-state index in [2.05, 4.69) is 20.6 Å². The zero-order chi connectivity index (χ0) is 15.1. The summed E-state index contributed by atoms with van der Waals surface area (Å²) in [5, 5.41) is 5.36. The number of urea groups is 1. The summed E-state index contributed by atoms with van der Waals surface area (Å²) >= 11 is 0. The number of primary amides is 1. The minimum Gasteiger partial charge on any atom is -0.352 e. The predicted octanol–water partition coefficient (Wildman–Crippen LogP) is 1.06. The molecule has 0 aliphatic heterocycles. The van der Waals surface area contributed by atoms with Crippen molar-refractivity contribution in [2.24, 2.45) is 11.7 Å². The fourth-order valence-corrected chi connectivity index (χ4v) is 1.98. The molecular formula is C13H23N5O2. The molecule has 0 bridgehead atoms. The molecule has 0 fully saturated rings. The van der Waals surface area contributed by atoms with Crippen LogP contribution in [0.2, 0.25) is 0 Å². The largest absolute Gasteiger partial charge is 0.352 e. The van der Waals surface area contributed by atoms with E-state index in [0.717, 1.165) is 0 Å². The van der Waals surface area contributed by atoms with E-state index in [4.69, 9.17) is 5.73 Å². The maximum absolute atomic E-state index is 12.3. The average Bonchev–Trinajstić information content (AvgIpc) is 2.87. The first-order valence-electron chi connectivity index (χ1n) is 6.79. The number of hydrogen-bond donors (Lipinski definition) is 4. The van der Waals surface area contributed by atoms with Crippen molar-refractivity contribution in [1.82, 2.24) is 20.6 Å². The lowest BCUT2D eigenvalue weighted by molar-refractivity contribution is -0.124. The van der Waals surface area contributed by atoms with Crippen LogP contribution in [0, 0.1) is 5.92 Å². The summed E-state index contributed by atoms with van der Waals surface area (Å²) in [5.74, 6) is 0.713. The first-order chi connectivity index (χ1) is 9.43. The molecule has 0 saturated carbocycles. The van der Waals surface area contributed by atoms with Crippen molar-refractivity contribution < 1.29 is 9.59 Å². The number of amides is 3. The van der Waals surface area contributed by atoms with Crippen molar-refractivity contribution in [3.05, 3.63) is 18.2 Å². The van der Waals surface area contributed by atoms with E-state index in [9.17, 15) is 9.59 Å². The molecule has 0 saturated heterocycles. The molecule has 112 valence electrons. The van der Waals surface area contributed by atoms with Gasteiger partial charge in [-0.25, -0.2) is 9.78 Å². The van der Waals surface area contributed by atoms with E-state index >= 15 is 0 Å². The highest BCUT2D eigenvalue weighted by molar-refractivity contribution is 5.86. The van der Waals surface area contributed by atoms with Gasteiger partial charge in [-0.05, 0) is 18.8 Å². The fourth-order valence-electron chi connectivity index (χ4n) is 1.98. The Morgan fingerprint density at radius 3 is 2.55 bits per heavy atom. The van der Waals surface area contributed by atoms with Crippen molar-refractivity contribution in [1.29, 1.82) is 0 Å². The number of nitrogens with two attached hydrogens (primary N) is 1. The Morgan fingerprint density at radius 1 is 1.40 bits per heavy atom. The van der Waals surface area contributed by atoms with E-state index in [1.807, 2.05) is 20.8 Å². The van der Waals surface area contributed by atoms with E-state index in [1.54, 1.807) is 12.4 Å². The number of hydrogen-bond acceptors (Lipinski definition) is 3. The maximum atomic E-state index is 12.3. The first-order valence-corrected chi connectivity index (χ1v) is 6.79. The van der Waals surface area contributed by atoms with Crippen LogP contribution in [0.25, 0.3) is 0 Å². The summed E-state index contributed by atoms with van der Waals surface area (Å²) in [5.41, 5.74) is 5.12. The van der Waals surface area contributed by atoms with Gasteiger partial charge >= 0.3 is 6.03 Å². The molecule has 1 aromatic rings. The number of nitrogens with one attached hydrogen (secondary N) is 3.